The van der Waals surface area contributed by atoms with E-state index in [1.54, 1.807) is 12.3 Å². The van der Waals surface area contributed by atoms with Gasteiger partial charge < -0.3 is 9.55 Å². The van der Waals surface area contributed by atoms with Gasteiger partial charge in [0.2, 0.25) is 0 Å². The number of nitrogens with zero attached hydrogens (tertiary/aromatic N) is 2. The van der Waals surface area contributed by atoms with E-state index in [1.165, 1.54) is 17.4 Å². The quantitative estimate of drug-likeness (QED) is 0.510. The molecule has 0 saturated carbocycles. The van der Waals surface area contributed by atoms with Crippen LogP contribution in [0.2, 0.25) is 0 Å². The third-order valence-corrected chi connectivity index (χ3v) is 3.25. The average molecular weight is 241 g/mol. The molecule has 2 aromatic rings. The van der Waals surface area contributed by atoms with Gasteiger partial charge in [-0.05, 0) is 18.3 Å². The predicted octanol–water partition coefficient (Wildman–Crippen LogP) is 2.56. The molecule has 1 N–H and O–H groups in total. The fourth-order valence-corrected chi connectivity index (χ4v) is 2.20. The van der Waals surface area contributed by atoms with Crippen LogP contribution in [0.4, 0.5) is 5.00 Å². The number of rotatable bonds is 3. The van der Waals surface area contributed by atoms with E-state index in [-0.39, 0.29) is 9.92 Å². The van der Waals surface area contributed by atoms with Crippen LogP contribution in [0.3, 0.4) is 0 Å². The van der Waals surface area contributed by atoms with E-state index in [9.17, 15) is 10.1 Å². The standard InChI is InChI=1S/C8H7N3O2S2/c12-11(13)7-2-1-6(15-7)5-10-4-3-9-8(10)14/h1-4H,5H2,(H,9,14). The number of thiophene rings is 1. The lowest BCUT2D eigenvalue weighted by atomic mass is 10.4. The third-order valence-electron chi connectivity index (χ3n) is 1.88. The molecule has 0 aliphatic heterocycles. The minimum absolute atomic E-state index is 0.159. The number of imidazole rings is 1. The molecule has 2 heterocycles. The van der Waals surface area contributed by atoms with Crippen molar-refractivity contribution in [1.29, 1.82) is 0 Å². The largest absolute Gasteiger partial charge is 0.337 e. The Bertz CT molecular complexity index is 540. The zero-order valence-corrected chi connectivity index (χ0v) is 9.18. The van der Waals surface area contributed by atoms with Gasteiger partial charge in [0, 0.05) is 23.3 Å². The maximum Gasteiger partial charge on any atom is 0.324 e. The molecule has 0 aliphatic rings. The highest BCUT2D eigenvalue weighted by atomic mass is 32.1. The molecule has 0 radical (unpaired) electrons. The molecule has 0 aromatic carbocycles. The Kier molecular flexibility index (Phi) is 2.65. The van der Waals surface area contributed by atoms with Crippen LogP contribution in [0.15, 0.2) is 24.5 Å². The molecule has 2 rings (SSSR count). The third kappa shape index (κ3) is 2.13. The summed E-state index contributed by atoms with van der Waals surface area (Å²) in [4.78, 5) is 13.9. The van der Waals surface area contributed by atoms with Crippen molar-refractivity contribution in [1.82, 2.24) is 9.55 Å². The van der Waals surface area contributed by atoms with Gasteiger partial charge in [0.15, 0.2) is 4.77 Å². The molecule has 2 aromatic heterocycles. The van der Waals surface area contributed by atoms with Gasteiger partial charge in [-0.25, -0.2) is 0 Å². The number of H-pyrrole nitrogens is 1. The van der Waals surface area contributed by atoms with Crippen molar-refractivity contribution in [2.45, 2.75) is 6.54 Å². The number of aromatic nitrogens is 2. The maximum atomic E-state index is 10.5. The Labute approximate surface area is 94.1 Å². The molecule has 78 valence electrons. The Morgan fingerprint density at radius 1 is 1.60 bits per heavy atom. The molecule has 0 aliphatic carbocycles. The number of hydrogen-bond acceptors (Lipinski definition) is 4. The second kappa shape index (κ2) is 3.95. The second-order valence-electron chi connectivity index (χ2n) is 2.89. The molecule has 5 nitrogen and oxygen atoms in total. The van der Waals surface area contributed by atoms with Crippen LogP contribution in [0.1, 0.15) is 4.88 Å². The Hall–Kier alpha value is -1.47. The lowest BCUT2D eigenvalue weighted by molar-refractivity contribution is -0.380. The summed E-state index contributed by atoms with van der Waals surface area (Å²) in [5.74, 6) is 0. The molecule has 0 spiro atoms. The summed E-state index contributed by atoms with van der Waals surface area (Å²) < 4.78 is 2.44. The van der Waals surface area contributed by atoms with Crippen molar-refractivity contribution in [3.63, 3.8) is 0 Å². The summed E-state index contributed by atoms with van der Waals surface area (Å²) in [6, 6.07) is 3.26. The van der Waals surface area contributed by atoms with Crippen LogP contribution in [-0.2, 0) is 6.54 Å². The van der Waals surface area contributed by atoms with Crippen molar-refractivity contribution >= 4 is 28.6 Å². The van der Waals surface area contributed by atoms with Crippen molar-refractivity contribution in [2.75, 3.05) is 0 Å². The average Bonchev–Trinajstić information content (AvgIpc) is 2.77. The van der Waals surface area contributed by atoms with Crippen molar-refractivity contribution < 1.29 is 4.92 Å². The lowest BCUT2D eigenvalue weighted by Gasteiger charge is -1.96. The van der Waals surface area contributed by atoms with Gasteiger partial charge >= 0.3 is 5.00 Å². The fourth-order valence-electron chi connectivity index (χ4n) is 1.19. The fraction of sp³-hybridized carbons (Fsp3) is 0.125. The molecular weight excluding hydrogens is 234 g/mol. The lowest BCUT2D eigenvalue weighted by Crippen LogP contribution is -1.95. The Balaban J connectivity index is 2.22. The van der Waals surface area contributed by atoms with E-state index in [1.807, 2.05) is 10.8 Å². The molecule has 0 saturated heterocycles. The van der Waals surface area contributed by atoms with E-state index in [0.717, 1.165) is 4.88 Å². The Morgan fingerprint density at radius 2 is 2.40 bits per heavy atom. The molecule has 0 fully saturated rings. The highest BCUT2D eigenvalue weighted by Gasteiger charge is 2.09. The number of nitro groups is 1. The summed E-state index contributed by atoms with van der Waals surface area (Å²) in [6.45, 7) is 0.570. The molecule has 0 unspecified atom stereocenters. The SMILES string of the molecule is O=[N+]([O-])c1ccc(Cn2cc[nH]c2=S)s1. The van der Waals surface area contributed by atoms with Crippen molar-refractivity contribution in [2.24, 2.45) is 0 Å². The van der Waals surface area contributed by atoms with Crippen LogP contribution >= 0.6 is 23.6 Å². The molecule has 15 heavy (non-hydrogen) atoms. The first kappa shape index (κ1) is 10.1. The predicted molar refractivity (Wildman–Crippen MR) is 59.7 cm³/mol. The minimum Gasteiger partial charge on any atom is -0.337 e. The summed E-state index contributed by atoms with van der Waals surface area (Å²) in [5, 5.41) is 10.6. The van der Waals surface area contributed by atoms with Crippen molar-refractivity contribution in [3.8, 4) is 0 Å². The van der Waals surface area contributed by atoms with Crippen LogP contribution in [0, 0.1) is 14.9 Å². The second-order valence-corrected chi connectivity index (χ2v) is 4.42. The molecule has 0 atom stereocenters. The van der Waals surface area contributed by atoms with Crippen LogP contribution < -0.4 is 0 Å². The first-order valence-corrected chi connectivity index (χ1v) is 5.36. The van der Waals surface area contributed by atoms with Gasteiger partial charge in [-0.3, -0.25) is 10.1 Å². The number of hydrogen-bond donors (Lipinski definition) is 1. The van der Waals surface area contributed by atoms with Gasteiger partial charge in [-0.2, -0.15) is 0 Å². The first-order chi connectivity index (χ1) is 7.16. The summed E-state index contributed by atoms with van der Waals surface area (Å²) in [7, 11) is 0. The van der Waals surface area contributed by atoms with Crippen molar-refractivity contribution in [3.05, 3.63) is 44.3 Å². The zero-order valence-electron chi connectivity index (χ0n) is 7.54. The van der Waals surface area contributed by atoms with Crippen LogP contribution in [0.25, 0.3) is 0 Å². The topological polar surface area (TPSA) is 63.9 Å². The van der Waals surface area contributed by atoms with Gasteiger partial charge in [-0.15, -0.1) is 0 Å². The molecule has 0 amide bonds. The minimum atomic E-state index is -0.384. The monoisotopic (exact) mass is 241 g/mol. The smallest absolute Gasteiger partial charge is 0.324 e. The summed E-state index contributed by atoms with van der Waals surface area (Å²) in [5.41, 5.74) is 0. The molecule has 0 bridgehead atoms. The van der Waals surface area contributed by atoms with Gasteiger partial charge in [-0.1, -0.05) is 11.3 Å². The first-order valence-electron chi connectivity index (χ1n) is 4.14. The number of nitrogens with one attached hydrogen (secondary N) is 1. The van der Waals surface area contributed by atoms with E-state index < -0.39 is 0 Å². The summed E-state index contributed by atoms with van der Waals surface area (Å²) >= 11 is 6.19. The van der Waals surface area contributed by atoms with E-state index in [2.05, 4.69) is 4.98 Å². The van der Waals surface area contributed by atoms with Gasteiger partial charge in [0.1, 0.15) is 0 Å². The highest BCUT2D eigenvalue weighted by molar-refractivity contribution is 7.71. The highest BCUT2D eigenvalue weighted by Crippen LogP contribution is 2.24. The van der Waals surface area contributed by atoms with E-state index in [0.29, 0.717) is 11.3 Å². The van der Waals surface area contributed by atoms with Crippen LogP contribution in [-0.4, -0.2) is 14.5 Å². The van der Waals surface area contributed by atoms with E-state index in [4.69, 9.17) is 12.2 Å². The molecular formula is C8H7N3O2S2. The maximum absolute atomic E-state index is 10.5. The normalized spacial score (nSPS) is 10.4. The zero-order chi connectivity index (χ0) is 10.8. The number of aromatic amines is 1. The van der Waals surface area contributed by atoms with E-state index >= 15 is 0 Å². The summed E-state index contributed by atoms with van der Waals surface area (Å²) in [6.07, 6.45) is 3.55. The Morgan fingerprint density at radius 3 is 2.93 bits per heavy atom. The molecule has 7 heteroatoms. The van der Waals surface area contributed by atoms with Gasteiger partial charge in [0.05, 0.1) is 11.5 Å². The van der Waals surface area contributed by atoms with Gasteiger partial charge in [0.25, 0.3) is 0 Å². The van der Waals surface area contributed by atoms with Crippen LogP contribution in [0.5, 0.6) is 0 Å².